The summed E-state index contributed by atoms with van der Waals surface area (Å²) in [6, 6.07) is 16.8. The van der Waals surface area contributed by atoms with Crippen LogP contribution >= 0.6 is 31.9 Å². The fourth-order valence-corrected chi connectivity index (χ4v) is 6.04. The van der Waals surface area contributed by atoms with Crippen molar-refractivity contribution in [2.24, 2.45) is 0 Å². The number of halogens is 2. The van der Waals surface area contributed by atoms with Crippen LogP contribution in [0, 0.1) is 0 Å². The number of hydrogen-bond acceptors (Lipinski definition) is 5. The summed E-state index contributed by atoms with van der Waals surface area (Å²) in [4.78, 5) is 24.5. The predicted octanol–water partition coefficient (Wildman–Crippen LogP) is 4.58. The van der Waals surface area contributed by atoms with E-state index in [-0.39, 0.29) is 12.1 Å². The van der Waals surface area contributed by atoms with E-state index in [2.05, 4.69) is 114 Å². The number of ketones is 1. The van der Waals surface area contributed by atoms with Crippen molar-refractivity contribution < 1.29 is 4.79 Å². The largest absolute Gasteiger partial charge is 0.301 e. The zero-order valence-corrected chi connectivity index (χ0v) is 24.9. The molecule has 196 valence electrons. The molecule has 2 atom stereocenters. The van der Waals surface area contributed by atoms with Crippen LogP contribution in [0.1, 0.15) is 25.0 Å². The number of carbonyl (C=O) groups is 1. The number of rotatable bonds is 10. The number of nitrogens with zero attached hydrogens (tertiary/aromatic N) is 4. The molecule has 0 amide bonds. The molecule has 2 aliphatic rings. The quantitative estimate of drug-likeness (QED) is 0.389. The van der Waals surface area contributed by atoms with Gasteiger partial charge in [-0.3, -0.25) is 14.6 Å². The summed E-state index contributed by atoms with van der Waals surface area (Å²) in [5.74, 6) is 0.385. The van der Waals surface area contributed by atoms with E-state index < -0.39 is 0 Å². The zero-order chi connectivity index (χ0) is 25.5. The maximum atomic E-state index is 14.6. The van der Waals surface area contributed by atoms with Crippen molar-refractivity contribution in [2.45, 2.75) is 38.8 Å². The lowest BCUT2D eigenvalue weighted by atomic mass is 9.91. The van der Waals surface area contributed by atoms with Gasteiger partial charge in [0, 0.05) is 61.3 Å². The third-order valence-corrected chi connectivity index (χ3v) is 8.99. The molecule has 4 rings (SSSR count). The van der Waals surface area contributed by atoms with Gasteiger partial charge in [-0.05, 0) is 61.3 Å². The second-order valence-electron chi connectivity index (χ2n) is 10.0. The summed E-state index contributed by atoms with van der Waals surface area (Å²) in [5, 5.41) is 0. The van der Waals surface area contributed by atoms with Crippen molar-refractivity contribution in [3.05, 3.63) is 68.6 Å². The summed E-state index contributed by atoms with van der Waals surface area (Å²) in [6.45, 7) is 14.6. The molecular weight excluding hydrogens is 580 g/mol. The summed E-state index contributed by atoms with van der Waals surface area (Å²) >= 11 is 7.13. The number of carbonyl (C=O) groups excluding carboxylic acids is 1. The van der Waals surface area contributed by atoms with Crippen molar-refractivity contribution in [3.63, 3.8) is 0 Å². The maximum absolute atomic E-state index is 14.6. The van der Waals surface area contributed by atoms with Gasteiger partial charge in [0.25, 0.3) is 0 Å². The van der Waals surface area contributed by atoms with E-state index >= 15 is 0 Å². The Morgan fingerprint density at radius 2 is 0.972 bits per heavy atom. The highest BCUT2D eigenvalue weighted by atomic mass is 79.9. The molecule has 0 aliphatic carbocycles. The van der Waals surface area contributed by atoms with E-state index in [0.29, 0.717) is 5.78 Å². The van der Waals surface area contributed by atoms with Gasteiger partial charge in [0.2, 0.25) is 0 Å². The van der Waals surface area contributed by atoms with Crippen molar-refractivity contribution in [2.75, 3.05) is 65.4 Å². The van der Waals surface area contributed by atoms with Gasteiger partial charge in [-0.15, -0.1) is 0 Å². The average molecular weight is 620 g/mol. The van der Waals surface area contributed by atoms with Crippen molar-refractivity contribution in [3.8, 4) is 0 Å². The molecule has 2 saturated heterocycles. The lowest BCUT2D eigenvalue weighted by Crippen LogP contribution is -2.60. The Morgan fingerprint density at radius 3 is 1.28 bits per heavy atom. The first-order chi connectivity index (χ1) is 17.5. The fourth-order valence-electron chi connectivity index (χ4n) is 5.51. The molecule has 2 unspecified atom stereocenters. The smallest absolute Gasteiger partial charge is 0.167 e. The Bertz CT molecular complexity index is 875. The van der Waals surface area contributed by atoms with Crippen LogP contribution in [0.5, 0.6) is 0 Å². The molecule has 2 fully saturated rings. The number of benzene rings is 2. The molecule has 2 heterocycles. The highest BCUT2D eigenvalue weighted by Crippen LogP contribution is 2.22. The molecule has 0 bridgehead atoms. The molecule has 0 spiro atoms. The summed E-state index contributed by atoms with van der Waals surface area (Å²) < 4.78 is 2.15. The Labute approximate surface area is 234 Å². The summed E-state index contributed by atoms with van der Waals surface area (Å²) in [7, 11) is 0. The number of likely N-dealkylation sites (N-methyl/N-ethyl adjacent to an activating group) is 2. The second-order valence-corrected chi connectivity index (χ2v) is 11.9. The molecule has 2 aromatic rings. The second kappa shape index (κ2) is 13.6. The van der Waals surface area contributed by atoms with Gasteiger partial charge in [0.05, 0.1) is 12.1 Å². The van der Waals surface area contributed by atoms with Gasteiger partial charge >= 0.3 is 0 Å². The zero-order valence-electron chi connectivity index (χ0n) is 21.7. The summed E-state index contributed by atoms with van der Waals surface area (Å²) in [5.41, 5.74) is 2.46. The summed E-state index contributed by atoms with van der Waals surface area (Å²) in [6.07, 6.45) is 1.54. The number of Topliss-reactive ketones (excluding diaryl/α,β-unsaturated/α-hetero) is 1. The molecule has 0 aromatic heterocycles. The first kappa shape index (κ1) is 27.9. The van der Waals surface area contributed by atoms with Crippen LogP contribution in [0.2, 0.25) is 0 Å². The van der Waals surface area contributed by atoms with E-state index in [1.165, 1.54) is 11.1 Å². The minimum atomic E-state index is -0.102. The van der Waals surface area contributed by atoms with Crippen molar-refractivity contribution in [1.82, 2.24) is 19.6 Å². The van der Waals surface area contributed by atoms with Crippen LogP contribution in [0.15, 0.2) is 57.5 Å². The first-order valence-corrected chi connectivity index (χ1v) is 15.0. The van der Waals surface area contributed by atoms with Crippen molar-refractivity contribution in [1.29, 1.82) is 0 Å². The molecule has 7 heteroatoms. The van der Waals surface area contributed by atoms with Gasteiger partial charge in [-0.1, -0.05) is 70.0 Å². The monoisotopic (exact) mass is 618 g/mol. The highest BCUT2D eigenvalue weighted by molar-refractivity contribution is 9.10. The minimum absolute atomic E-state index is 0.102. The fraction of sp³-hybridized carbons (Fsp3) is 0.552. The van der Waals surface area contributed by atoms with Gasteiger partial charge in [-0.2, -0.15) is 0 Å². The molecule has 2 aromatic carbocycles. The third kappa shape index (κ3) is 7.49. The molecule has 36 heavy (non-hydrogen) atoms. The Kier molecular flexibility index (Phi) is 10.6. The van der Waals surface area contributed by atoms with Crippen molar-refractivity contribution >= 4 is 37.6 Å². The van der Waals surface area contributed by atoms with Crippen LogP contribution in [0.3, 0.4) is 0 Å². The normalized spacial score (nSPS) is 20.3. The van der Waals surface area contributed by atoms with Gasteiger partial charge < -0.3 is 9.80 Å². The lowest BCUT2D eigenvalue weighted by Gasteiger charge is -2.43. The Hall–Kier alpha value is -1.09. The van der Waals surface area contributed by atoms with Crippen LogP contribution in [0.25, 0.3) is 0 Å². The van der Waals surface area contributed by atoms with E-state index in [1.54, 1.807) is 0 Å². The van der Waals surface area contributed by atoms with E-state index in [9.17, 15) is 4.79 Å². The SMILES string of the molecule is CCN1CCN(C(Cc2ccc(Br)cc2)C(=O)C(Cc2ccc(Br)cc2)N2CCN(CC)CC2)CC1. The predicted molar refractivity (Wildman–Crippen MR) is 156 cm³/mol. The topological polar surface area (TPSA) is 30.0 Å². The molecule has 5 nitrogen and oxygen atoms in total. The number of piperazine rings is 2. The first-order valence-electron chi connectivity index (χ1n) is 13.4. The lowest BCUT2D eigenvalue weighted by molar-refractivity contribution is -0.131. The van der Waals surface area contributed by atoms with E-state index in [4.69, 9.17) is 0 Å². The molecular formula is C29H40Br2N4O. The molecule has 0 radical (unpaired) electrons. The average Bonchev–Trinajstić information content (AvgIpc) is 2.92. The van der Waals surface area contributed by atoms with Crippen LogP contribution in [-0.2, 0) is 17.6 Å². The highest BCUT2D eigenvalue weighted by Gasteiger charge is 2.37. The van der Waals surface area contributed by atoms with Crippen LogP contribution in [-0.4, -0.2) is 103 Å². The Morgan fingerprint density at radius 1 is 0.639 bits per heavy atom. The van der Waals surface area contributed by atoms with Crippen LogP contribution < -0.4 is 0 Å². The van der Waals surface area contributed by atoms with Gasteiger partial charge in [0.15, 0.2) is 5.78 Å². The van der Waals surface area contributed by atoms with Gasteiger partial charge in [0.1, 0.15) is 0 Å². The molecule has 2 aliphatic heterocycles. The Balaban J connectivity index is 1.60. The molecule has 0 saturated carbocycles. The number of hydrogen-bond donors (Lipinski definition) is 0. The maximum Gasteiger partial charge on any atom is 0.167 e. The van der Waals surface area contributed by atoms with Gasteiger partial charge in [-0.25, -0.2) is 0 Å². The standard InChI is InChI=1S/C29H40Br2N4O/c1-3-32-13-17-34(18-14-32)27(21-23-5-9-25(30)10-6-23)29(36)28(22-24-7-11-26(31)12-8-24)35-19-15-33(4-2)16-20-35/h5-12,27-28H,3-4,13-22H2,1-2H3. The third-order valence-electron chi connectivity index (χ3n) is 7.93. The van der Waals surface area contributed by atoms with E-state index in [1.807, 2.05) is 0 Å². The van der Waals surface area contributed by atoms with E-state index in [0.717, 1.165) is 87.2 Å². The minimum Gasteiger partial charge on any atom is -0.301 e. The van der Waals surface area contributed by atoms with Crippen LogP contribution in [0.4, 0.5) is 0 Å². The molecule has 0 N–H and O–H groups in total.